The molecular formula is C21H18N4. The quantitative estimate of drug-likeness (QED) is 0.544. The van der Waals surface area contributed by atoms with Crippen LogP contribution in [0, 0.1) is 6.92 Å². The maximum absolute atomic E-state index is 4.91. The third-order valence-corrected chi connectivity index (χ3v) is 4.56. The van der Waals surface area contributed by atoms with Gasteiger partial charge in [0.25, 0.3) is 0 Å². The lowest BCUT2D eigenvalue weighted by Gasteiger charge is -2.08. The molecule has 0 saturated carbocycles. The van der Waals surface area contributed by atoms with Crippen LogP contribution in [0.5, 0.6) is 0 Å². The molecule has 1 aliphatic carbocycles. The number of anilines is 1. The number of nitrogens with zero attached hydrogens (tertiary/aromatic N) is 3. The molecule has 0 bridgehead atoms. The summed E-state index contributed by atoms with van der Waals surface area (Å²) >= 11 is 0. The number of aromatic nitrogens is 2. The summed E-state index contributed by atoms with van der Waals surface area (Å²) in [5, 5.41) is 3.14. The molecule has 122 valence electrons. The first-order chi connectivity index (χ1) is 12.2. The van der Waals surface area contributed by atoms with Gasteiger partial charge in [-0.15, -0.1) is 0 Å². The molecule has 2 aromatic carbocycles. The first-order valence-electron chi connectivity index (χ1n) is 8.11. The molecule has 4 heteroatoms. The topological polar surface area (TPSA) is 50.2 Å². The first kappa shape index (κ1) is 15.3. The first-order valence-corrected chi connectivity index (χ1v) is 8.11. The molecule has 0 fully saturated rings. The van der Waals surface area contributed by atoms with Crippen molar-refractivity contribution in [2.75, 3.05) is 12.4 Å². The van der Waals surface area contributed by atoms with E-state index in [-0.39, 0.29) is 0 Å². The van der Waals surface area contributed by atoms with E-state index in [1.807, 2.05) is 25.3 Å². The van der Waals surface area contributed by atoms with Gasteiger partial charge in [-0.25, -0.2) is 9.97 Å². The third-order valence-electron chi connectivity index (χ3n) is 4.56. The Kier molecular flexibility index (Phi) is 3.46. The van der Waals surface area contributed by atoms with Crippen LogP contribution in [0.15, 0.2) is 54.1 Å². The highest BCUT2D eigenvalue weighted by Gasteiger charge is 2.28. The van der Waals surface area contributed by atoms with Crippen LogP contribution >= 0.6 is 0 Å². The number of benzene rings is 2. The number of fused-ring (bicyclic) bond motifs is 4. The fourth-order valence-electron chi connectivity index (χ4n) is 3.42. The SMILES string of the molecule is C=C/C=C1/c2nc3cc(N=C)c(NC)cc3nc2-c2cccc(C)c21. The summed E-state index contributed by atoms with van der Waals surface area (Å²) in [4.78, 5) is 13.9. The monoisotopic (exact) mass is 326 g/mol. The molecule has 4 nitrogen and oxygen atoms in total. The summed E-state index contributed by atoms with van der Waals surface area (Å²) in [6, 6.07) is 10.2. The predicted molar refractivity (Wildman–Crippen MR) is 106 cm³/mol. The highest BCUT2D eigenvalue weighted by Crippen LogP contribution is 2.44. The van der Waals surface area contributed by atoms with Crippen molar-refractivity contribution in [3.05, 3.63) is 65.9 Å². The van der Waals surface area contributed by atoms with Crippen LogP contribution in [0.25, 0.3) is 27.9 Å². The minimum absolute atomic E-state index is 0.769. The molecule has 0 saturated heterocycles. The molecule has 0 spiro atoms. The molecule has 0 aliphatic heterocycles. The Hall–Kier alpha value is -3.27. The minimum atomic E-state index is 0.769. The highest BCUT2D eigenvalue weighted by molar-refractivity contribution is 6.02. The zero-order chi connectivity index (χ0) is 17.6. The smallest absolute Gasteiger partial charge is 0.0979 e. The lowest BCUT2D eigenvalue weighted by Crippen LogP contribution is -1.95. The second-order valence-electron chi connectivity index (χ2n) is 6.00. The number of aliphatic imine (C=N–C) groups is 1. The molecule has 1 N–H and O–H groups in total. The molecule has 1 heterocycles. The second kappa shape index (κ2) is 5.67. The Morgan fingerprint density at radius 2 is 1.88 bits per heavy atom. The lowest BCUT2D eigenvalue weighted by atomic mass is 10.00. The fourth-order valence-corrected chi connectivity index (χ4v) is 3.42. The van der Waals surface area contributed by atoms with Crippen LogP contribution < -0.4 is 5.32 Å². The molecule has 0 amide bonds. The Morgan fingerprint density at radius 1 is 1.12 bits per heavy atom. The molecule has 0 radical (unpaired) electrons. The van der Waals surface area contributed by atoms with Gasteiger partial charge in [-0.2, -0.15) is 0 Å². The van der Waals surface area contributed by atoms with Gasteiger partial charge in [-0.3, -0.25) is 4.99 Å². The van der Waals surface area contributed by atoms with E-state index in [0.29, 0.717) is 0 Å². The van der Waals surface area contributed by atoms with E-state index in [1.165, 1.54) is 11.1 Å². The highest BCUT2D eigenvalue weighted by atomic mass is 14.9. The summed E-state index contributed by atoms with van der Waals surface area (Å²) < 4.78 is 0. The summed E-state index contributed by atoms with van der Waals surface area (Å²) in [6.45, 7) is 9.61. The van der Waals surface area contributed by atoms with Crippen LogP contribution in [-0.4, -0.2) is 23.7 Å². The van der Waals surface area contributed by atoms with E-state index >= 15 is 0 Å². The lowest BCUT2D eigenvalue weighted by molar-refractivity contribution is 1.27. The summed E-state index contributed by atoms with van der Waals surface area (Å²) in [6.07, 6.45) is 3.81. The van der Waals surface area contributed by atoms with Crippen molar-refractivity contribution < 1.29 is 0 Å². The van der Waals surface area contributed by atoms with Gasteiger partial charge in [-0.1, -0.05) is 36.9 Å². The van der Waals surface area contributed by atoms with Crippen molar-refractivity contribution in [2.24, 2.45) is 4.99 Å². The summed E-state index contributed by atoms with van der Waals surface area (Å²) in [7, 11) is 1.86. The number of hydrogen-bond acceptors (Lipinski definition) is 4. The normalized spacial score (nSPS) is 13.6. The average molecular weight is 326 g/mol. The van der Waals surface area contributed by atoms with Gasteiger partial charge >= 0.3 is 0 Å². The van der Waals surface area contributed by atoms with Crippen LogP contribution in [0.4, 0.5) is 11.4 Å². The summed E-state index contributed by atoms with van der Waals surface area (Å²) in [5.74, 6) is 0. The van der Waals surface area contributed by atoms with Gasteiger partial charge in [0.2, 0.25) is 0 Å². The second-order valence-corrected chi connectivity index (χ2v) is 6.00. The Morgan fingerprint density at radius 3 is 2.60 bits per heavy atom. The van der Waals surface area contributed by atoms with Crippen molar-refractivity contribution >= 4 is 34.7 Å². The molecule has 25 heavy (non-hydrogen) atoms. The van der Waals surface area contributed by atoms with Gasteiger partial charge < -0.3 is 5.32 Å². The van der Waals surface area contributed by atoms with E-state index in [4.69, 9.17) is 9.97 Å². The fraction of sp³-hybridized carbons (Fsp3) is 0.0952. The van der Waals surface area contributed by atoms with Crippen molar-refractivity contribution in [2.45, 2.75) is 6.92 Å². The van der Waals surface area contributed by atoms with Crippen molar-refractivity contribution in [1.82, 2.24) is 9.97 Å². The molecule has 0 atom stereocenters. The van der Waals surface area contributed by atoms with E-state index in [1.54, 1.807) is 6.08 Å². The number of allylic oxidation sites excluding steroid dienone is 2. The van der Waals surface area contributed by atoms with Crippen molar-refractivity contribution in [3.8, 4) is 11.3 Å². The minimum Gasteiger partial charge on any atom is -0.386 e. The van der Waals surface area contributed by atoms with Gasteiger partial charge in [0, 0.05) is 18.2 Å². The Bertz CT molecular complexity index is 1080. The number of rotatable bonds is 3. The van der Waals surface area contributed by atoms with Crippen LogP contribution in [-0.2, 0) is 0 Å². The average Bonchev–Trinajstić information content (AvgIpc) is 2.93. The molecule has 0 unspecified atom stereocenters. The zero-order valence-corrected chi connectivity index (χ0v) is 14.3. The van der Waals surface area contributed by atoms with Gasteiger partial charge in [0.15, 0.2) is 0 Å². The number of aryl methyl sites for hydroxylation is 1. The Labute approximate surface area is 146 Å². The molecule has 1 aliphatic rings. The largest absolute Gasteiger partial charge is 0.386 e. The van der Waals surface area contributed by atoms with E-state index < -0.39 is 0 Å². The number of nitrogens with one attached hydrogen (secondary N) is 1. The maximum Gasteiger partial charge on any atom is 0.0979 e. The van der Waals surface area contributed by atoms with Crippen LogP contribution in [0.2, 0.25) is 0 Å². The van der Waals surface area contributed by atoms with Crippen molar-refractivity contribution in [3.63, 3.8) is 0 Å². The standard InChI is InChI=1S/C21H18N4/c1-5-7-13-19-12(2)8-6-9-14(19)21-20(13)24-17-10-15(22-3)16(23-4)11-18(17)25-21/h5-11,23H,1,3H2,2,4H3/b13-7+. The molecule has 1 aromatic heterocycles. The van der Waals surface area contributed by atoms with E-state index in [0.717, 1.165) is 44.9 Å². The van der Waals surface area contributed by atoms with Crippen LogP contribution in [0.1, 0.15) is 16.8 Å². The summed E-state index contributed by atoms with van der Waals surface area (Å²) in [5.41, 5.74) is 9.69. The van der Waals surface area contributed by atoms with Gasteiger partial charge in [-0.05, 0) is 36.9 Å². The third kappa shape index (κ3) is 2.18. The molecule has 3 aromatic rings. The zero-order valence-electron chi connectivity index (χ0n) is 14.3. The maximum atomic E-state index is 4.91. The predicted octanol–water partition coefficient (Wildman–Crippen LogP) is 4.91. The molecule has 4 rings (SSSR count). The van der Waals surface area contributed by atoms with Crippen molar-refractivity contribution in [1.29, 1.82) is 0 Å². The van der Waals surface area contributed by atoms with Crippen LogP contribution in [0.3, 0.4) is 0 Å². The number of hydrogen-bond donors (Lipinski definition) is 1. The van der Waals surface area contributed by atoms with Gasteiger partial charge in [0.1, 0.15) is 0 Å². The Balaban J connectivity index is 2.09. The van der Waals surface area contributed by atoms with E-state index in [2.05, 4.69) is 48.7 Å². The molecular weight excluding hydrogens is 308 g/mol. The van der Waals surface area contributed by atoms with E-state index in [9.17, 15) is 0 Å². The van der Waals surface area contributed by atoms with Gasteiger partial charge in [0.05, 0.1) is 33.8 Å².